The van der Waals surface area contributed by atoms with E-state index in [2.05, 4.69) is 10.1 Å². The molecular formula is C20H17N3O4. The third kappa shape index (κ3) is 3.44. The van der Waals surface area contributed by atoms with Crippen LogP contribution in [0.1, 0.15) is 36.8 Å². The Bertz CT molecular complexity index is 1030. The molecule has 3 heterocycles. The minimum atomic E-state index is -1.02. The van der Waals surface area contributed by atoms with Gasteiger partial charge in [-0.05, 0) is 23.6 Å². The van der Waals surface area contributed by atoms with E-state index in [1.807, 2.05) is 30.3 Å². The Hall–Kier alpha value is -3.48. The standard InChI is InChI=1S/C20H17N3O4/c24-19(7-8-20(25)26)23-17(11-16(22-23)18-6-3-9-27-18)15-10-13-4-1-2-5-14(13)12-21-15/h1-6,9-10,12,17H,7-8,11H2,(H,25,26). The van der Waals surface area contributed by atoms with Gasteiger partial charge in [-0.25, -0.2) is 5.01 Å². The summed E-state index contributed by atoms with van der Waals surface area (Å²) in [6.45, 7) is 0. The van der Waals surface area contributed by atoms with Crippen LogP contribution in [0.5, 0.6) is 0 Å². The van der Waals surface area contributed by atoms with Crippen molar-refractivity contribution in [2.24, 2.45) is 5.10 Å². The first kappa shape index (κ1) is 17.0. The number of benzene rings is 1. The molecule has 0 radical (unpaired) electrons. The average molecular weight is 363 g/mol. The summed E-state index contributed by atoms with van der Waals surface area (Å²) in [5.74, 6) is -0.772. The lowest BCUT2D eigenvalue weighted by atomic mass is 10.0. The largest absolute Gasteiger partial charge is 0.481 e. The number of furan rings is 1. The second-order valence-corrected chi connectivity index (χ2v) is 6.33. The van der Waals surface area contributed by atoms with Gasteiger partial charge >= 0.3 is 5.97 Å². The third-order valence-electron chi connectivity index (χ3n) is 4.52. The molecule has 1 amide bonds. The number of carboxylic acid groups (broad SMARTS) is 1. The maximum Gasteiger partial charge on any atom is 0.303 e. The number of carbonyl (C=O) groups is 2. The van der Waals surface area contributed by atoms with Gasteiger partial charge in [-0.1, -0.05) is 24.3 Å². The number of rotatable bonds is 5. The van der Waals surface area contributed by atoms with Crippen molar-refractivity contribution < 1.29 is 19.1 Å². The second-order valence-electron chi connectivity index (χ2n) is 6.33. The van der Waals surface area contributed by atoms with Crippen LogP contribution in [0.15, 0.2) is 64.4 Å². The zero-order valence-corrected chi connectivity index (χ0v) is 14.4. The molecule has 136 valence electrons. The van der Waals surface area contributed by atoms with E-state index in [1.165, 1.54) is 5.01 Å². The molecule has 7 nitrogen and oxygen atoms in total. The summed E-state index contributed by atoms with van der Waals surface area (Å²) in [6, 6.07) is 12.9. The molecule has 27 heavy (non-hydrogen) atoms. The van der Waals surface area contributed by atoms with Crippen LogP contribution in [0.4, 0.5) is 0 Å². The number of nitrogens with zero attached hydrogens (tertiary/aromatic N) is 3. The summed E-state index contributed by atoms with van der Waals surface area (Å²) >= 11 is 0. The molecule has 0 aliphatic carbocycles. The van der Waals surface area contributed by atoms with Gasteiger partial charge in [-0.15, -0.1) is 0 Å². The number of carboxylic acids is 1. The van der Waals surface area contributed by atoms with Gasteiger partial charge in [0, 0.05) is 24.4 Å². The molecule has 0 saturated heterocycles. The van der Waals surface area contributed by atoms with Crippen LogP contribution >= 0.6 is 0 Å². The van der Waals surface area contributed by atoms with Gasteiger partial charge in [0.1, 0.15) is 17.5 Å². The predicted octanol–water partition coefficient (Wildman–Crippen LogP) is 3.37. The van der Waals surface area contributed by atoms with E-state index in [0.29, 0.717) is 23.6 Å². The van der Waals surface area contributed by atoms with Gasteiger partial charge in [0.15, 0.2) is 0 Å². The smallest absolute Gasteiger partial charge is 0.303 e. The summed E-state index contributed by atoms with van der Waals surface area (Å²) in [5, 5.41) is 16.7. The van der Waals surface area contributed by atoms with E-state index in [-0.39, 0.29) is 18.7 Å². The molecule has 2 aromatic heterocycles. The van der Waals surface area contributed by atoms with Crippen LogP contribution in [-0.2, 0) is 9.59 Å². The molecule has 0 spiro atoms. The van der Waals surface area contributed by atoms with Crippen LogP contribution in [-0.4, -0.2) is 32.7 Å². The molecule has 1 unspecified atom stereocenters. The van der Waals surface area contributed by atoms with Crippen LogP contribution in [0.2, 0.25) is 0 Å². The normalized spacial score (nSPS) is 16.5. The topological polar surface area (TPSA) is 96.0 Å². The number of fused-ring (bicyclic) bond motifs is 1. The molecule has 1 atom stereocenters. The van der Waals surface area contributed by atoms with Crippen molar-refractivity contribution in [3.63, 3.8) is 0 Å². The van der Waals surface area contributed by atoms with Crippen LogP contribution in [0.25, 0.3) is 10.8 Å². The first-order valence-corrected chi connectivity index (χ1v) is 8.62. The van der Waals surface area contributed by atoms with E-state index in [1.54, 1.807) is 24.6 Å². The minimum absolute atomic E-state index is 0.117. The molecule has 1 aliphatic heterocycles. The Morgan fingerprint density at radius 2 is 1.96 bits per heavy atom. The van der Waals surface area contributed by atoms with Gasteiger partial charge in [0.25, 0.3) is 0 Å². The van der Waals surface area contributed by atoms with Crippen molar-refractivity contribution in [1.29, 1.82) is 0 Å². The highest BCUT2D eigenvalue weighted by atomic mass is 16.4. The molecule has 0 bridgehead atoms. The summed E-state index contributed by atoms with van der Waals surface area (Å²) in [7, 11) is 0. The van der Waals surface area contributed by atoms with Crippen molar-refractivity contribution in [2.45, 2.75) is 25.3 Å². The lowest BCUT2D eigenvalue weighted by Gasteiger charge is -2.21. The molecular weight excluding hydrogens is 346 g/mol. The number of hydrogen-bond acceptors (Lipinski definition) is 5. The highest BCUT2D eigenvalue weighted by Gasteiger charge is 2.34. The first-order valence-electron chi connectivity index (χ1n) is 8.62. The zero-order valence-electron chi connectivity index (χ0n) is 14.4. The molecule has 4 rings (SSSR count). The summed E-state index contributed by atoms with van der Waals surface area (Å²) in [6.07, 6.45) is 3.43. The number of aromatic nitrogens is 1. The summed E-state index contributed by atoms with van der Waals surface area (Å²) in [5.41, 5.74) is 1.35. The van der Waals surface area contributed by atoms with Crippen LogP contribution < -0.4 is 0 Å². The maximum absolute atomic E-state index is 12.6. The molecule has 1 aliphatic rings. The van der Waals surface area contributed by atoms with E-state index in [4.69, 9.17) is 9.52 Å². The molecule has 1 aromatic carbocycles. The van der Waals surface area contributed by atoms with Crippen molar-refractivity contribution >= 4 is 28.4 Å². The lowest BCUT2D eigenvalue weighted by Crippen LogP contribution is -2.28. The average Bonchev–Trinajstić information content (AvgIpc) is 3.35. The highest BCUT2D eigenvalue weighted by Crippen LogP contribution is 2.33. The fourth-order valence-corrected chi connectivity index (χ4v) is 3.17. The Labute approximate surface area is 154 Å². The van der Waals surface area contributed by atoms with E-state index in [9.17, 15) is 9.59 Å². The monoisotopic (exact) mass is 363 g/mol. The molecule has 3 aromatic rings. The van der Waals surface area contributed by atoms with E-state index in [0.717, 1.165) is 10.8 Å². The molecule has 0 fully saturated rings. The quantitative estimate of drug-likeness (QED) is 0.750. The zero-order chi connectivity index (χ0) is 18.8. The Morgan fingerprint density at radius 3 is 2.70 bits per heavy atom. The summed E-state index contributed by atoms with van der Waals surface area (Å²) in [4.78, 5) is 28.0. The number of aliphatic carboxylic acids is 1. The number of carbonyl (C=O) groups excluding carboxylic acids is 1. The SMILES string of the molecule is O=C(O)CCC(=O)N1N=C(c2ccco2)CC1c1cc2ccccc2cn1. The number of hydrogen-bond donors (Lipinski definition) is 1. The van der Waals surface area contributed by atoms with Gasteiger partial charge in [-0.3, -0.25) is 14.6 Å². The van der Waals surface area contributed by atoms with E-state index < -0.39 is 12.0 Å². The number of amides is 1. The molecule has 7 heteroatoms. The number of pyridine rings is 1. The Kier molecular flexibility index (Phi) is 4.42. The minimum Gasteiger partial charge on any atom is -0.481 e. The molecule has 1 N–H and O–H groups in total. The van der Waals surface area contributed by atoms with Crippen molar-refractivity contribution in [1.82, 2.24) is 9.99 Å². The van der Waals surface area contributed by atoms with Gasteiger partial charge in [0.2, 0.25) is 5.91 Å². The Morgan fingerprint density at radius 1 is 1.15 bits per heavy atom. The van der Waals surface area contributed by atoms with Gasteiger partial charge in [-0.2, -0.15) is 5.10 Å². The van der Waals surface area contributed by atoms with Gasteiger partial charge < -0.3 is 9.52 Å². The lowest BCUT2D eigenvalue weighted by molar-refractivity contribution is -0.141. The first-order chi connectivity index (χ1) is 13.1. The predicted molar refractivity (Wildman–Crippen MR) is 98.1 cm³/mol. The second kappa shape index (κ2) is 7.03. The fraction of sp³-hybridized carbons (Fsp3) is 0.200. The fourth-order valence-electron chi connectivity index (χ4n) is 3.17. The third-order valence-corrected chi connectivity index (χ3v) is 4.52. The Balaban J connectivity index is 1.67. The van der Waals surface area contributed by atoms with Crippen molar-refractivity contribution in [3.8, 4) is 0 Å². The van der Waals surface area contributed by atoms with Crippen LogP contribution in [0, 0.1) is 0 Å². The van der Waals surface area contributed by atoms with Gasteiger partial charge in [0.05, 0.1) is 18.4 Å². The number of hydrazone groups is 1. The van der Waals surface area contributed by atoms with Crippen LogP contribution in [0.3, 0.4) is 0 Å². The summed E-state index contributed by atoms with van der Waals surface area (Å²) < 4.78 is 5.41. The van der Waals surface area contributed by atoms with Crippen molar-refractivity contribution in [2.75, 3.05) is 0 Å². The van der Waals surface area contributed by atoms with Crippen molar-refractivity contribution in [3.05, 3.63) is 66.4 Å². The highest BCUT2D eigenvalue weighted by molar-refractivity contribution is 6.01. The maximum atomic E-state index is 12.6. The molecule has 0 saturated carbocycles. The van der Waals surface area contributed by atoms with E-state index >= 15 is 0 Å².